The summed E-state index contributed by atoms with van der Waals surface area (Å²) in [6.07, 6.45) is 2.26. The van der Waals surface area contributed by atoms with Gasteiger partial charge in [0, 0.05) is 38.2 Å². The zero-order valence-electron chi connectivity index (χ0n) is 17.8. The zero-order valence-corrected chi connectivity index (χ0v) is 18.6. The third-order valence-corrected chi connectivity index (χ3v) is 6.97. The van der Waals surface area contributed by atoms with Crippen LogP contribution in [0.25, 0.3) is 4.91 Å². The molecule has 0 unspecified atom stereocenters. The lowest BCUT2D eigenvalue weighted by Gasteiger charge is -2.24. The number of sulfonamides is 1. The minimum absolute atomic E-state index is 0.173. The summed E-state index contributed by atoms with van der Waals surface area (Å²) in [4.78, 5) is 16.6. The van der Waals surface area contributed by atoms with Crippen LogP contribution in [0.2, 0.25) is 0 Å². The molecule has 0 N–H and O–H groups in total. The molecule has 2 aliphatic heterocycles. The van der Waals surface area contributed by atoms with Gasteiger partial charge in [0.1, 0.15) is 10.7 Å². The van der Waals surface area contributed by atoms with Crippen molar-refractivity contribution in [3.63, 3.8) is 0 Å². The van der Waals surface area contributed by atoms with Crippen molar-refractivity contribution in [3.05, 3.63) is 41.0 Å². The summed E-state index contributed by atoms with van der Waals surface area (Å²) in [6, 6.07) is 7.66. The van der Waals surface area contributed by atoms with Crippen LogP contribution in [-0.2, 0) is 21.2 Å². The van der Waals surface area contributed by atoms with E-state index in [0.29, 0.717) is 60.4 Å². The lowest BCUT2D eigenvalue weighted by molar-refractivity contribution is -0.131. The van der Waals surface area contributed by atoms with Gasteiger partial charge in [-0.3, -0.25) is 4.79 Å². The third-order valence-electron chi connectivity index (χ3n) is 5.50. The van der Waals surface area contributed by atoms with Crippen LogP contribution in [0.4, 0.5) is 0 Å². The van der Waals surface area contributed by atoms with Crippen molar-refractivity contribution in [1.29, 1.82) is 0 Å². The number of hydrogen-bond donors (Lipinski definition) is 0. The maximum Gasteiger partial charge on any atom is 0.285 e. The molecule has 7 heteroatoms. The van der Waals surface area contributed by atoms with Gasteiger partial charge in [0.2, 0.25) is 5.91 Å². The first-order valence-electron chi connectivity index (χ1n) is 10.4. The zero-order chi connectivity index (χ0) is 21.2. The van der Waals surface area contributed by atoms with Gasteiger partial charge in [0.15, 0.2) is 0 Å². The molecule has 2 aliphatic rings. The van der Waals surface area contributed by atoms with Crippen LogP contribution < -0.4 is 0 Å². The van der Waals surface area contributed by atoms with Crippen LogP contribution in [-0.4, -0.2) is 56.1 Å². The number of nitrogens with zero attached hydrogens (tertiary/aromatic N) is 3. The molecule has 0 aromatic heterocycles. The van der Waals surface area contributed by atoms with Crippen molar-refractivity contribution in [2.75, 3.05) is 26.2 Å². The monoisotopic (exact) mass is 417 g/mol. The highest BCUT2D eigenvalue weighted by Gasteiger charge is 2.34. The first-order chi connectivity index (χ1) is 13.7. The van der Waals surface area contributed by atoms with Gasteiger partial charge >= 0.3 is 0 Å². The van der Waals surface area contributed by atoms with Gasteiger partial charge < -0.3 is 9.80 Å². The third kappa shape index (κ3) is 4.71. The smallest absolute Gasteiger partial charge is 0.285 e. The van der Waals surface area contributed by atoms with E-state index in [2.05, 4.69) is 11.3 Å². The molecule has 1 fully saturated rings. The van der Waals surface area contributed by atoms with E-state index in [0.717, 1.165) is 12.8 Å². The lowest BCUT2D eigenvalue weighted by atomic mass is 10.1. The normalized spacial score (nSPS) is 19.6. The molecule has 0 aliphatic carbocycles. The lowest BCUT2D eigenvalue weighted by Crippen LogP contribution is -2.37. The summed E-state index contributed by atoms with van der Waals surface area (Å²) >= 11 is 0. The van der Waals surface area contributed by atoms with Crippen LogP contribution in [0.1, 0.15) is 51.7 Å². The molecule has 1 amide bonds. The van der Waals surface area contributed by atoms with Gasteiger partial charge in [0.25, 0.3) is 10.0 Å². The predicted octanol–water partition coefficient (Wildman–Crippen LogP) is 3.30. The number of aryl methyl sites for hydroxylation is 1. The number of amidine groups is 1. The molecule has 0 saturated carbocycles. The SMILES string of the molecule is CCc1ccc(C2=C(C)C(N3CCCN(C(=O)CC(C)C)CC3)=NS2(=O)=O)cc1. The first kappa shape index (κ1) is 21.6. The Morgan fingerprint density at radius 1 is 1.10 bits per heavy atom. The maximum atomic E-state index is 12.8. The molecule has 1 aromatic rings. The van der Waals surface area contributed by atoms with Crippen LogP contribution >= 0.6 is 0 Å². The number of rotatable bonds is 4. The first-order valence-corrected chi connectivity index (χ1v) is 11.8. The Labute approximate surface area is 174 Å². The van der Waals surface area contributed by atoms with E-state index in [-0.39, 0.29) is 5.91 Å². The number of carbonyl (C=O) groups is 1. The summed E-state index contributed by atoms with van der Waals surface area (Å²) in [5.74, 6) is 1.03. The van der Waals surface area contributed by atoms with E-state index in [1.807, 2.05) is 54.8 Å². The van der Waals surface area contributed by atoms with E-state index >= 15 is 0 Å². The Kier molecular flexibility index (Phi) is 6.46. The Morgan fingerprint density at radius 3 is 2.41 bits per heavy atom. The Balaban J connectivity index is 1.81. The van der Waals surface area contributed by atoms with Gasteiger partial charge in [-0.1, -0.05) is 45.0 Å². The fraction of sp³-hybridized carbons (Fsp3) is 0.545. The van der Waals surface area contributed by atoms with Crippen LogP contribution in [0, 0.1) is 5.92 Å². The van der Waals surface area contributed by atoms with Crippen LogP contribution in [0.3, 0.4) is 0 Å². The highest BCUT2D eigenvalue weighted by molar-refractivity contribution is 8.00. The van der Waals surface area contributed by atoms with Gasteiger partial charge in [-0.05, 0) is 36.8 Å². The van der Waals surface area contributed by atoms with Crippen molar-refractivity contribution in [2.45, 2.75) is 47.0 Å². The molecule has 1 saturated heterocycles. The van der Waals surface area contributed by atoms with Crippen molar-refractivity contribution in [1.82, 2.24) is 9.80 Å². The second-order valence-corrected chi connectivity index (χ2v) is 9.75. The fourth-order valence-electron chi connectivity index (χ4n) is 3.93. The summed E-state index contributed by atoms with van der Waals surface area (Å²) < 4.78 is 29.8. The average Bonchev–Trinajstić information content (AvgIpc) is 2.82. The van der Waals surface area contributed by atoms with E-state index in [1.165, 1.54) is 5.56 Å². The quantitative estimate of drug-likeness (QED) is 0.754. The predicted molar refractivity (Wildman–Crippen MR) is 117 cm³/mol. The molecule has 158 valence electrons. The molecule has 2 heterocycles. The molecule has 0 radical (unpaired) electrons. The molecule has 29 heavy (non-hydrogen) atoms. The molecule has 0 bridgehead atoms. The van der Waals surface area contributed by atoms with Gasteiger partial charge in [-0.25, -0.2) is 0 Å². The molecule has 1 aromatic carbocycles. The van der Waals surface area contributed by atoms with E-state index < -0.39 is 10.0 Å². The Morgan fingerprint density at radius 2 is 1.79 bits per heavy atom. The fourth-order valence-corrected chi connectivity index (χ4v) is 5.42. The summed E-state index contributed by atoms with van der Waals surface area (Å²) in [5.41, 5.74) is 2.54. The Hall–Kier alpha value is -2.15. The minimum atomic E-state index is -3.72. The average molecular weight is 418 g/mol. The summed E-state index contributed by atoms with van der Waals surface area (Å²) in [6.45, 7) is 10.6. The highest BCUT2D eigenvalue weighted by Crippen LogP contribution is 2.34. The highest BCUT2D eigenvalue weighted by atomic mass is 32.2. The van der Waals surface area contributed by atoms with Crippen molar-refractivity contribution < 1.29 is 13.2 Å². The Bertz CT molecular complexity index is 931. The second kappa shape index (κ2) is 8.69. The van der Waals surface area contributed by atoms with Crippen LogP contribution in [0.5, 0.6) is 0 Å². The van der Waals surface area contributed by atoms with Crippen LogP contribution in [0.15, 0.2) is 34.2 Å². The number of carbonyl (C=O) groups excluding carboxylic acids is 1. The molecule has 0 spiro atoms. The van der Waals surface area contributed by atoms with Crippen molar-refractivity contribution >= 4 is 26.7 Å². The molecule has 6 nitrogen and oxygen atoms in total. The van der Waals surface area contributed by atoms with E-state index in [9.17, 15) is 13.2 Å². The molecular formula is C22H31N3O3S. The number of amides is 1. The summed E-state index contributed by atoms with van der Waals surface area (Å²) in [7, 11) is -3.72. The van der Waals surface area contributed by atoms with Gasteiger partial charge in [0.05, 0.1) is 0 Å². The standard InChI is InChI=1S/C22H31N3O3S/c1-5-18-7-9-19(10-8-18)21-17(4)22(23-29(21,27)28)25-12-6-11-24(13-14-25)20(26)15-16(2)3/h7-10,16H,5-6,11-15H2,1-4H3. The van der Waals surface area contributed by atoms with Gasteiger partial charge in [-0.15, -0.1) is 4.40 Å². The minimum Gasteiger partial charge on any atom is -0.354 e. The number of benzene rings is 1. The molecular weight excluding hydrogens is 386 g/mol. The van der Waals surface area contributed by atoms with Crippen molar-refractivity contribution in [2.24, 2.45) is 10.3 Å². The topological polar surface area (TPSA) is 70.0 Å². The summed E-state index contributed by atoms with van der Waals surface area (Å²) in [5, 5.41) is 0. The van der Waals surface area contributed by atoms with Crippen molar-refractivity contribution in [3.8, 4) is 0 Å². The number of hydrogen-bond acceptors (Lipinski definition) is 4. The second-order valence-electron chi connectivity index (χ2n) is 8.21. The maximum absolute atomic E-state index is 12.8. The largest absolute Gasteiger partial charge is 0.354 e. The van der Waals surface area contributed by atoms with E-state index in [4.69, 9.17) is 0 Å². The van der Waals surface area contributed by atoms with E-state index in [1.54, 1.807) is 0 Å². The molecule has 3 rings (SSSR count). The molecule has 0 atom stereocenters. The van der Waals surface area contributed by atoms with Gasteiger partial charge in [-0.2, -0.15) is 8.42 Å².